The number of benzene rings is 2. The topological polar surface area (TPSA) is 63.2 Å². The van der Waals surface area contributed by atoms with E-state index in [2.05, 4.69) is 5.32 Å². The number of aryl methyl sites for hydroxylation is 1. The molecule has 2 aromatic carbocycles. The van der Waals surface area contributed by atoms with E-state index in [1.54, 1.807) is 6.92 Å². The summed E-state index contributed by atoms with van der Waals surface area (Å²) in [5.74, 6) is -0.777. The Kier molecular flexibility index (Phi) is 4.09. The minimum absolute atomic E-state index is 0.179. The van der Waals surface area contributed by atoms with E-state index in [0.717, 1.165) is 6.26 Å². The van der Waals surface area contributed by atoms with Gasteiger partial charge in [0.2, 0.25) is 0 Å². The molecule has 0 spiro atoms. The predicted molar refractivity (Wildman–Crippen MR) is 78.6 cm³/mol. The van der Waals surface area contributed by atoms with Crippen molar-refractivity contribution in [1.82, 2.24) is 0 Å². The standard InChI is InChI=1S/C15H14FNO3S/c1-10-9-11(16)3-8-14(10)15(18)17-12-4-6-13(7-5-12)21(2,19)20/h3-9H,1-2H3,(H,17,18). The monoisotopic (exact) mass is 307 g/mol. The lowest BCUT2D eigenvalue weighted by molar-refractivity contribution is 0.102. The first-order chi connectivity index (χ1) is 9.77. The van der Waals surface area contributed by atoms with Gasteiger partial charge in [0.25, 0.3) is 5.91 Å². The Bertz CT molecular complexity index is 783. The average molecular weight is 307 g/mol. The molecule has 2 rings (SSSR count). The van der Waals surface area contributed by atoms with Gasteiger partial charge in [-0.15, -0.1) is 0 Å². The molecule has 0 fully saturated rings. The van der Waals surface area contributed by atoms with Crippen molar-refractivity contribution in [2.24, 2.45) is 0 Å². The lowest BCUT2D eigenvalue weighted by Gasteiger charge is -2.08. The summed E-state index contributed by atoms with van der Waals surface area (Å²) in [4.78, 5) is 12.3. The molecule has 0 aliphatic carbocycles. The minimum atomic E-state index is -3.27. The lowest BCUT2D eigenvalue weighted by Crippen LogP contribution is -2.13. The SMILES string of the molecule is Cc1cc(F)ccc1C(=O)Nc1ccc(S(C)(=O)=O)cc1. The van der Waals surface area contributed by atoms with E-state index in [0.29, 0.717) is 16.8 Å². The normalized spacial score (nSPS) is 11.2. The second-order valence-electron chi connectivity index (χ2n) is 4.71. The summed E-state index contributed by atoms with van der Waals surface area (Å²) in [5, 5.41) is 2.64. The van der Waals surface area contributed by atoms with Crippen LogP contribution in [0.25, 0.3) is 0 Å². The molecule has 21 heavy (non-hydrogen) atoms. The molecule has 1 amide bonds. The number of carbonyl (C=O) groups is 1. The van der Waals surface area contributed by atoms with E-state index in [1.807, 2.05) is 0 Å². The van der Waals surface area contributed by atoms with Gasteiger partial charge in [-0.3, -0.25) is 4.79 Å². The van der Waals surface area contributed by atoms with Crippen molar-refractivity contribution < 1.29 is 17.6 Å². The van der Waals surface area contributed by atoms with Crippen LogP contribution in [0, 0.1) is 12.7 Å². The molecule has 0 saturated heterocycles. The Balaban J connectivity index is 2.20. The molecule has 0 saturated carbocycles. The molecular weight excluding hydrogens is 293 g/mol. The summed E-state index contributed by atoms with van der Waals surface area (Å²) in [7, 11) is -3.27. The fraction of sp³-hybridized carbons (Fsp3) is 0.133. The largest absolute Gasteiger partial charge is 0.322 e. The second kappa shape index (κ2) is 5.65. The quantitative estimate of drug-likeness (QED) is 0.948. The summed E-state index contributed by atoms with van der Waals surface area (Å²) in [6.45, 7) is 1.64. The highest BCUT2D eigenvalue weighted by Crippen LogP contribution is 2.16. The summed E-state index contributed by atoms with van der Waals surface area (Å²) < 4.78 is 35.7. The van der Waals surface area contributed by atoms with Gasteiger partial charge in [-0.2, -0.15) is 0 Å². The molecule has 0 aliphatic rings. The third kappa shape index (κ3) is 3.66. The van der Waals surface area contributed by atoms with Gasteiger partial charge in [0.15, 0.2) is 9.84 Å². The van der Waals surface area contributed by atoms with Gasteiger partial charge in [-0.25, -0.2) is 12.8 Å². The Morgan fingerprint density at radius 1 is 1.10 bits per heavy atom. The predicted octanol–water partition coefficient (Wildman–Crippen LogP) is 2.79. The first-order valence-electron chi connectivity index (χ1n) is 6.15. The molecule has 4 nitrogen and oxygen atoms in total. The van der Waals surface area contributed by atoms with Gasteiger partial charge in [-0.1, -0.05) is 0 Å². The van der Waals surface area contributed by atoms with Crippen LogP contribution in [0.4, 0.5) is 10.1 Å². The van der Waals surface area contributed by atoms with Crippen molar-refractivity contribution in [2.75, 3.05) is 11.6 Å². The highest BCUT2D eigenvalue weighted by Gasteiger charge is 2.11. The maximum atomic E-state index is 13.0. The van der Waals surface area contributed by atoms with E-state index in [9.17, 15) is 17.6 Å². The number of sulfone groups is 1. The van der Waals surface area contributed by atoms with Gasteiger partial charge in [0.05, 0.1) is 4.90 Å². The maximum absolute atomic E-state index is 13.0. The molecule has 2 aromatic rings. The van der Waals surface area contributed by atoms with E-state index in [4.69, 9.17) is 0 Å². The van der Waals surface area contributed by atoms with Crippen molar-refractivity contribution in [1.29, 1.82) is 0 Å². The zero-order valence-corrected chi connectivity index (χ0v) is 12.4. The number of hydrogen-bond acceptors (Lipinski definition) is 3. The van der Waals surface area contributed by atoms with Gasteiger partial charge in [0.1, 0.15) is 5.82 Å². The van der Waals surface area contributed by atoms with E-state index in [1.165, 1.54) is 42.5 Å². The Morgan fingerprint density at radius 2 is 1.71 bits per heavy atom. The number of halogens is 1. The van der Waals surface area contributed by atoms with Crippen LogP contribution in [-0.4, -0.2) is 20.6 Å². The van der Waals surface area contributed by atoms with Gasteiger partial charge in [0, 0.05) is 17.5 Å². The molecule has 0 radical (unpaired) electrons. The number of hydrogen-bond donors (Lipinski definition) is 1. The molecule has 0 aliphatic heterocycles. The summed E-state index contributed by atoms with van der Waals surface area (Å²) in [5.41, 5.74) is 1.36. The molecule has 0 bridgehead atoms. The van der Waals surface area contributed by atoms with Crippen LogP contribution >= 0.6 is 0 Å². The Hall–Kier alpha value is -2.21. The first kappa shape index (κ1) is 15.2. The van der Waals surface area contributed by atoms with Crippen molar-refractivity contribution >= 4 is 21.4 Å². The number of amides is 1. The van der Waals surface area contributed by atoms with E-state index in [-0.39, 0.29) is 10.8 Å². The fourth-order valence-electron chi connectivity index (χ4n) is 1.87. The molecule has 1 N–H and O–H groups in total. The van der Waals surface area contributed by atoms with Crippen LogP contribution in [0.2, 0.25) is 0 Å². The highest BCUT2D eigenvalue weighted by atomic mass is 32.2. The molecule has 0 unspecified atom stereocenters. The lowest BCUT2D eigenvalue weighted by atomic mass is 10.1. The molecule has 110 valence electrons. The number of carbonyl (C=O) groups excluding carboxylic acids is 1. The zero-order valence-electron chi connectivity index (χ0n) is 11.6. The highest BCUT2D eigenvalue weighted by molar-refractivity contribution is 7.90. The van der Waals surface area contributed by atoms with Crippen LogP contribution in [0.1, 0.15) is 15.9 Å². The number of anilines is 1. The molecule has 0 aromatic heterocycles. The molecule has 0 atom stereocenters. The van der Waals surface area contributed by atoms with Crippen molar-refractivity contribution in [3.05, 3.63) is 59.4 Å². The third-order valence-electron chi connectivity index (χ3n) is 2.97. The molecular formula is C15H14FNO3S. The van der Waals surface area contributed by atoms with Crippen molar-refractivity contribution in [3.8, 4) is 0 Å². The maximum Gasteiger partial charge on any atom is 0.255 e. The Morgan fingerprint density at radius 3 is 2.24 bits per heavy atom. The molecule has 6 heteroatoms. The van der Waals surface area contributed by atoms with Gasteiger partial charge in [-0.05, 0) is 55.0 Å². The van der Waals surface area contributed by atoms with Crippen LogP contribution in [0.5, 0.6) is 0 Å². The summed E-state index contributed by atoms with van der Waals surface area (Å²) in [6.07, 6.45) is 1.11. The summed E-state index contributed by atoms with van der Waals surface area (Å²) in [6, 6.07) is 9.76. The van der Waals surface area contributed by atoms with Crippen LogP contribution in [-0.2, 0) is 9.84 Å². The Labute approximate surface area is 122 Å². The van der Waals surface area contributed by atoms with Crippen LogP contribution in [0.3, 0.4) is 0 Å². The number of nitrogens with one attached hydrogen (secondary N) is 1. The van der Waals surface area contributed by atoms with E-state index < -0.39 is 15.7 Å². The van der Waals surface area contributed by atoms with Gasteiger partial charge >= 0.3 is 0 Å². The smallest absolute Gasteiger partial charge is 0.255 e. The second-order valence-corrected chi connectivity index (χ2v) is 6.73. The third-order valence-corrected chi connectivity index (χ3v) is 4.10. The first-order valence-corrected chi connectivity index (χ1v) is 8.04. The fourth-order valence-corrected chi connectivity index (χ4v) is 2.50. The minimum Gasteiger partial charge on any atom is -0.322 e. The zero-order chi connectivity index (χ0) is 15.6. The van der Waals surface area contributed by atoms with Crippen molar-refractivity contribution in [3.63, 3.8) is 0 Å². The van der Waals surface area contributed by atoms with Crippen LogP contribution < -0.4 is 5.32 Å². The average Bonchev–Trinajstić information content (AvgIpc) is 2.38. The summed E-state index contributed by atoms with van der Waals surface area (Å²) >= 11 is 0. The number of rotatable bonds is 3. The van der Waals surface area contributed by atoms with Crippen LogP contribution in [0.15, 0.2) is 47.4 Å². The molecule has 0 heterocycles. The van der Waals surface area contributed by atoms with E-state index >= 15 is 0 Å². The van der Waals surface area contributed by atoms with Crippen molar-refractivity contribution in [2.45, 2.75) is 11.8 Å². The van der Waals surface area contributed by atoms with Gasteiger partial charge < -0.3 is 5.32 Å².